The van der Waals surface area contributed by atoms with Gasteiger partial charge in [-0.3, -0.25) is 0 Å². The molecule has 0 aromatic heterocycles. The molecule has 4 bridgehead atoms. The molecule has 3 heteroatoms. The second kappa shape index (κ2) is 11.1. The van der Waals surface area contributed by atoms with Crippen LogP contribution < -0.4 is 26.2 Å². The molecular formula is C56H45BN2. The summed E-state index contributed by atoms with van der Waals surface area (Å²) in [6.45, 7) is 0.120. The van der Waals surface area contributed by atoms with Crippen molar-refractivity contribution in [1.29, 1.82) is 0 Å². The smallest absolute Gasteiger partial charge is 0.252 e. The van der Waals surface area contributed by atoms with Crippen molar-refractivity contribution >= 4 is 57.2 Å². The van der Waals surface area contributed by atoms with Crippen molar-refractivity contribution in [2.75, 3.05) is 9.80 Å². The molecule has 282 valence electrons. The summed E-state index contributed by atoms with van der Waals surface area (Å²) in [7, 11) is 0. The van der Waals surface area contributed by atoms with Crippen LogP contribution in [0, 0.1) is 23.7 Å². The molecule has 2 aliphatic heterocycles. The second-order valence-electron chi connectivity index (χ2n) is 19.6. The summed E-state index contributed by atoms with van der Waals surface area (Å²) in [5.74, 6) is 3.13. The zero-order valence-corrected chi connectivity index (χ0v) is 33.4. The molecule has 0 radical (unpaired) electrons. The first-order valence-electron chi connectivity index (χ1n) is 22.6. The molecule has 0 N–H and O–H groups in total. The van der Waals surface area contributed by atoms with E-state index in [9.17, 15) is 0 Å². The molecule has 15 rings (SSSR count). The van der Waals surface area contributed by atoms with Gasteiger partial charge < -0.3 is 9.80 Å². The van der Waals surface area contributed by atoms with Gasteiger partial charge in [0.05, 0.1) is 5.69 Å². The molecule has 2 nitrogen and oxygen atoms in total. The van der Waals surface area contributed by atoms with Crippen LogP contribution in [-0.2, 0) is 10.8 Å². The van der Waals surface area contributed by atoms with Crippen LogP contribution in [0.2, 0.25) is 0 Å². The average molecular weight is 757 g/mol. The van der Waals surface area contributed by atoms with Crippen LogP contribution >= 0.6 is 0 Å². The summed E-state index contributed by atoms with van der Waals surface area (Å²) in [5.41, 5.74) is 24.6. The summed E-state index contributed by atoms with van der Waals surface area (Å²) < 4.78 is 0. The Labute approximate surface area is 347 Å². The standard InChI is InChI=1S/C56H45BN2/c1-2-12-38(13-3-1)58-50-22-11-23-51-54(50)57(47-31-45-41(30-52(47)58)39-14-4-6-16-42(39)56(45)33-35-25-27-37(56)29-35)46-19-8-9-20-48(46)59(51)49-21-10-18-44-53(49)40-15-5-7-17-43(40)55(44)32-34-24-26-36(55)28-34/h1-23,30-31,34-37H,24-29,32-33H2/t34?,35-,36-,37+,55-,56-/m0/s1. The minimum absolute atomic E-state index is 0.120. The molecule has 7 aromatic rings. The molecule has 2 spiro atoms. The molecule has 6 atom stereocenters. The van der Waals surface area contributed by atoms with Crippen LogP contribution in [0.25, 0.3) is 22.3 Å². The molecule has 59 heavy (non-hydrogen) atoms. The highest BCUT2D eigenvalue weighted by atomic mass is 15.2. The van der Waals surface area contributed by atoms with Gasteiger partial charge in [-0.1, -0.05) is 122 Å². The van der Waals surface area contributed by atoms with Gasteiger partial charge in [0.1, 0.15) is 0 Å². The normalized spacial score (nSPS) is 27.5. The van der Waals surface area contributed by atoms with Crippen molar-refractivity contribution in [2.24, 2.45) is 23.7 Å². The lowest BCUT2D eigenvalue weighted by molar-refractivity contribution is 0.327. The minimum atomic E-state index is 0.120. The SMILES string of the molecule is c1ccc(N2c3cc4c(cc3B3c5ccccc5N(c5cccc6c5-c5ccccc5[C@@]65CC6CC[C@H]5C6)c5cccc2c53)[C@]2(C[C@H]3CC[C@@H]2C3)c2ccccc2-4)cc1. The highest BCUT2D eigenvalue weighted by molar-refractivity contribution is 7.00. The van der Waals surface area contributed by atoms with Crippen molar-refractivity contribution in [2.45, 2.75) is 62.2 Å². The molecule has 8 aliphatic rings. The van der Waals surface area contributed by atoms with Gasteiger partial charge in [0, 0.05) is 44.8 Å². The summed E-state index contributed by atoms with van der Waals surface area (Å²) in [5, 5.41) is 0. The van der Waals surface area contributed by atoms with Crippen molar-refractivity contribution in [3.63, 3.8) is 0 Å². The van der Waals surface area contributed by atoms with Crippen molar-refractivity contribution in [1.82, 2.24) is 0 Å². The maximum absolute atomic E-state index is 2.74. The Morgan fingerprint density at radius 3 is 1.76 bits per heavy atom. The van der Waals surface area contributed by atoms with Gasteiger partial charge >= 0.3 is 0 Å². The second-order valence-corrected chi connectivity index (χ2v) is 19.6. The van der Waals surface area contributed by atoms with Gasteiger partial charge in [0.2, 0.25) is 0 Å². The van der Waals surface area contributed by atoms with E-state index < -0.39 is 0 Å². The van der Waals surface area contributed by atoms with Gasteiger partial charge in [-0.15, -0.1) is 0 Å². The molecule has 4 saturated carbocycles. The summed E-state index contributed by atoms with van der Waals surface area (Å²) in [4.78, 5) is 5.29. The Balaban J connectivity index is 1.01. The molecule has 6 aliphatic carbocycles. The fourth-order valence-electron chi connectivity index (χ4n) is 15.5. The molecule has 1 unspecified atom stereocenters. The quantitative estimate of drug-likeness (QED) is 0.162. The lowest BCUT2D eigenvalue weighted by Crippen LogP contribution is -2.61. The predicted molar refractivity (Wildman–Crippen MR) is 244 cm³/mol. The predicted octanol–water partition coefficient (Wildman–Crippen LogP) is 11.9. The monoisotopic (exact) mass is 756 g/mol. The number of nitrogens with zero attached hydrogens (tertiary/aromatic N) is 2. The third-order valence-electron chi connectivity index (χ3n) is 17.4. The third kappa shape index (κ3) is 3.75. The number of hydrogen-bond acceptors (Lipinski definition) is 2. The Hall–Kier alpha value is -5.80. The van der Waals surface area contributed by atoms with E-state index >= 15 is 0 Å². The van der Waals surface area contributed by atoms with E-state index in [0.717, 1.165) is 23.7 Å². The fraction of sp³-hybridized carbons (Fsp3) is 0.250. The maximum atomic E-state index is 2.74. The molecule has 0 amide bonds. The average Bonchev–Trinajstić information content (AvgIpc) is 4.17. The first kappa shape index (κ1) is 32.1. The lowest BCUT2D eigenvalue weighted by Gasteiger charge is -2.45. The van der Waals surface area contributed by atoms with E-state index in [4.69, 9.17) is 0 Å². The minimum Gasteiger partial charge on any atom is -0.311 e. The summed E-state index contributed by atoms with van der Waals surface area (Å²) in [6.07, 6.45) is 10.9. The van der Waals surface area contributed by atoms with Crippen LogP contribution in [0.5, 0.6) is 0 Å². The summed E-state index contributed by atoms with van der Waals surface area (Å²) >= 11 is 0. The first-order valence-corrected chi connectivity index (χ1v) is 22.6. The zero-order chi connectivity index (χ0) is 38.2. The van der Waals surface area contributed by atoms with Crippen molar-refractivity contribution in [3.05, 3.63) is 174 Å². The Morgan fingerprint density at radius 2 is 1.02 bits per heavy atom. The van der Waals surface area contributed by atoms with E-state index in [2.05, 4.69) is 161 Å². The zero-order valence-electron chi connectivity index (χ0n) is 33.4. The lowest BCUT2D eigenvalue weighted by atomic mass is 9.33. The molecule has 4 fully saturated rings. The number of fused-ring (bicyclic) bond motifs is 20. The van der Waals surface area contributed by atoms with Crippen molar-refractivity contribution < 1.29 is 0 Å². The van der Waals surface area contributed by atoms with Gasteiger partial charge in [0.25, 0.3) is 6.71 Å². The Kier molecular flexibility index (Phi) is 6.02. The molecule has 2 heterocycles. The van der Waals surface area contributed by atoms with Gasteiger partial charge in [-0.05, 0) is 160 Å². The van der Waals surface area contributed by atoms with Crippen LogP contribution in [-0.4, -0.2) is 6.71 Å². The van der Waals surface area contributed by atoms with E-state index in [-0.39, 0.29) is 17.5 Å². The molecule has 7 aromatic carbocycles. The fourth-order valence-corrected chi connectivity index (χ4v) is 15.5. The number of para-hydroxylation sites is 2. The first-order chi connectivity index (χ1) is 29.2. The Bertz CT molecular complexity index is 2990. The topological polar surface area (TPSA) is 6.48 Å². The number of anilines is 6. The third-order valence-corrected chi connectivity index (χ3v) is 17.4. The number of rotatable bonds is 2. The van der Waals surface area contributed by atoms with Crippen molar-refractivity contribution in [3.8, 4) is 22.3 Å². The van der Waals surface area contributed by atoms with Crippen LogP contribution in [0.15, 0.2) is 152 Å². The van der Waals surface area contributed by atoms with E-state index in [1.54, 1.807) is 22.3 Å². The van der Waals surface area contributed by atoms with Crippen LogP contribution in [0.1, 0.15) is 73.6 Å². The van der Waals surface area contributed by atoms with Gasteiger partial charge in [-0.2, -0.15) is 0 Å². The maximum Gasteiger partial charge on any atom is 0.252 e. The highest BCUT2D eigenvalue weighted by Crippen LogP contribution is 2.68. The van der Waals surface area contributed by atoms with E-state index in [0.29, 0.717) is 0 Å². The van der Waals surface area contributed by atoms with E-state index in [1.807, 2.05) is 0 Å². The number of benzene rings is 7. The molecular weight excluding hydrogens is 711 g/mol. The Morgan fingerprint density at radius 1 is 0.424 bits per heavy atom. The summed E-state index contributed by atoms with van der Waals surface area (Å²) in [6, 6.07) is 59.5. The molecule has 0 saturated heterocycles. The van der Waals surface area contributed by atoms with E-state index in [1.165, 1.54) is 124 Å². The van der Waals surface area contributed by atoms with Gasteiger partial charge in [0.15, 0.2) is 0 Å². The van der Waals surface area contributed by atoms with Gasteiger partial charge in [-0.25, -0.2) is 0 Å². The number of hydrogen-bond donors (Lipinski definition) is 0. The highest BCUT2D eigenvalue weighted by Gasteiger charge is 2.59. The largest absolute Gasteiger partial charge is 0.311 e. The van der Waals surface area contributed by atoms with Crippen LogP contribution in [0.3, 0.4) is 0 Å². The van der Waals surface area contributed by atoms with Crippen LogP contribution in [0.4, 0.5) is 34.1 Å².